The summed E-state index contributed by atoms with van der Waals surface area (Å²) < 4.78 is 6.17. The van der Waals surface area contributed by atoms with Gasteiger partial charge < -0.3 is 9.72 Å². The summed E-state index contributed by atoms with van der Waals surface area (Å²) in [5, 5.41) is 0. The van der Waals surface area contributed by atoms with Crippen LogP contribution in [0.4, 0.5) is 0 Å². The summed E-state index contributed by atoms with van der Waals surface area (Å²) in [4.78, 5) is 8.07. The van der Waals surface area contributed by atoms with E-state index in [0.717, 1.165) is 22.6 Å². The third-order valence-electron chi connectivity index (χ3n) is 3.96. The minimum Gasteiger partial charge on any atom is -0.483 e. The van der Waals surface area contributed by atoms with Gasteiger partial charge in [-0.15, -0.1) is 0 Å². The molecule has 0 aliphatic rings. The first-order valence-corrected chi connectivity index (χ1v) is 7.77. The van der Waals surface area contributed by atoms with E-state index in [1.54, 1.807) is 0 Å². The predicted molar refractivity (Wildman–Crippen MR) is 90.4 cm³/mol. The number of fused-ring (bicyclic) bond motifs is 1. The zero-order valence-electron chi connectivity index (χ0n) is 13.6. The lowest BCUT2D eigenvalue weighted by atomic mass is 10.0. The number of aromatic amines is 1. The molecule has 0 amide bonds. The molecule has 0 unspecified atom stereocenters. The first-order valence-electron chi connectivity index (χ1n) is 7.77. The van der Waals surface area contributed by atoms with Crippen LogP contribution in [0.3, 0.4) is 0 Å². The topological polar surface area (TPSA) is 37.9 Å². The summed E-state index contributed by atoms with van der Waals surface area (Å²) >= 11 is 0. The third-order valence-corrected chi connectivity index (χ3v) is 3.96. The van der Waals surface area contributed by atoms with Crippen LogP contribution < -0.4 is 4.74 Å². The molecular formula is C19H22N2O. The number of rotatable bonds is 4. The molecule has 0 fully saturated rings. The fourth-order valence-corrected chi connectivity index (χ4v) is 2.70. The molecule has 3 heteroatoms. The molecule has 1 N–H and O–H groups in total. The van der Waals surface area contributed by atoms with Crippen molar-refractivity contribution < 1.29 is 4.74 Å². The van der Waals surface area contributed by atoms with Crippen LogP contribution in [0.1, 0.15) is 49.7 Å². The van der Waals surface area contributed by atoms with Gasteiger partial charge in [-0.1, -0.05) is 44.2 Å². The van der Waals surface area contributed by atoms with E-state index in [1.807, 2.05) is 31.2 Å². The van der Waals surface area contributed by atoms with Gasteiger partial charge in [0.25, 0.3) is 0 Å². The van der Waals surface area contributed by atoms with Crippen molar-refractivity contribution in [3.63, 3.8) is 0 Å². The summed E-state index contributed by atoms with van der Waals surface area (Å²) in [5.74, 6) is 2.23. The number of imidazole rings is 1. The standard InChI is InChI=1S/C19H22N2O/c1-12(2)15-9-5-6-11-17(15)22-14(4)19-20-16-10-7-8-13(3)18(16)21-19/h5-12,14H,1-4H3,(H,20,21)/t14-/m1/s1. The quantitative estimate of drug-likeness (QED) is 0.724. The molecule has 0 saturated carbocycles. The molecule has 0 bridgehead atoms. The maximum atomic E-state index is 6.17. The number of nitrogens with zero attached hydrogens (tertiary/aromatic N) is 1. The van der Waals surface area contributed by atoms with Crippen molar-refractivity contribution in [2.75, 3.05) is 0 Å². The number of hydrogen-bond acceptors (Lipinski definition) is 2. The van der Waals surface area contributed by atoms with Crippen molar-refractivity contribution in [2.24, 2.45) is 0 Å². The van der Waals surface area contributed by atoms with Gasteiger partial charge in [0.2, 0.25) is 0 Å². The monoisotopic (exact) mass is 294 g/mol. The number of nitrogens with one attached hydrogen (secondary N) is 1. The van der Waals surface area contributed by atoms with E-state index in [-0.39, 0.29) is 6.10 Å². The highest BCUT2D eigenvalue weighted by Crippen LogP contribution is 2.30. The minimum atomic E-state index is -0.119. The second-order valence-electron chi connectivity index (χ2n) is 6.05. The molecule has 1 aromatic heterocycles. The van der Waals surface area contributed by atoms with Crippen LogP contribution in [0.15, 0.2) is 42.5 Å². The number of ether oxygens (including phenoxy) is 1. The molecule has 0 spiro atoms. The predicted octanol–water partition coefficient (Wildman–Crippen LogP) is 5.13. The Labute approximate surface area is 131 Å². The average molecular weight is 294 g/mol. The second kappa shape index (κ2) is 5.84. The Bertz CT molecular complexity index is 789. The van der Waals surface area contributed by atoms with Gasteiger partial charge in [-0.25, -0.2) is 4.98 Å². The lowest BCUT2D eigenvalue weighted by Crippen LogP contribution is -2.07. The van der Waals surface area contributed by atoms with Gasteiger partial charge in [0.1, 0.15) is 11.6 Å². The molecule has 0 saturated heterocycles. The highest BCUT2D eigenvalue weighted by molar-refractivity contribution is 5.78. The summed E-state index contributed by atoms with van der Waals surface area (Å²) in [6.45, 7) is 8.46. The van der Waals surface area contributed by atoms with Gasteiger partial charge >= 0.3 is 0 Å². The van der Waals surface area contributed by atoms with Crippen LogP contribution in [-0.2, 0) is 0 Å². The smallest absolute Gasteiger partial charge is 0.153 e. The molecule has 0 aliphatic carbocycles. The van der Waals surface area contributed by atoms with E-state index < -0.39 is 0 Å². The number of aromatic nitrogens is 2. The minimum absolute atomic E-state index is 0.119. The van der Waals surface area contributed by atoms with Gasteiger partial charge in [-0.3, -0.25) is 0 Å². The lowest BCUT2D eigenvalue weighted by molar-refractivity contribution is 0.215. The number of para-hydroxylation sites is 2. The second-order valence-corrected chi connectivity index (χ2v) is 6.05. The fourth-order valence-electron chi connectivity index (χ4n) is 2.70. The van der Waals surface area contributed by atoms with Crippen molar-refractivity contribution in [3.05, 3.63) is 59.4 Å². The highest BCUT2D eigenvalue weighted by atomic mass is 16.5. The van der Waals surface area contributed by atoms with Crippen LogP contribution in [0.25, 0.3) is 11.0 Å². The van der Waals surface area contributed by atoms with Crippen LogP contribution in [0.5, 0.6) is 5.75 Å². The Morgan fingerprint density at radius 3 is 2.50 bits per heavy atom. The Morgan fingerprint density at radius 1 is 1.00 bits per heavy atom. The van der Waals surface area contributed by atoms with Gasteiger partial charge in [-0.2, -0.15) is 0 Å². The fraction of sp³-hybridized carbons (Fsp3) is 0.316. The van der Waals surface area contributed by atoms with E-state index in [4.69, 9.17) is 9.72 Å². The number of aryl methyl sites for hydroxylation is 1. The molecule has 3 rings (SSSR count). The summed E-state index contributed by atoms with van der Waals surface area (Å²) in [7, 11) is 0. The van der Waals surface area contributed by atoms with E-state index in [1.165, 1.54) is 11.1 Å². The molecule has 3 aromatic rings. The molecular weight excluding hydrogens is 272 g/mol. The van der Waals surface area contributed by atoms with Gasteiger partial charge in [0.15, 0.2) is 6.10 Å². The zero-order chi connectivity index (χ0) is 15.7. The van der Waals surface area contributed by atoms with Gasteiger partial charge in [-0.05, 0) is 43.0 Å². The van der Waals surface area contributed by atoms with Crippen molar-refractivity contribution in [3.8, 4) is 5.75 Å². The van der Waals surface area contributed by atoms with E-state index in [9.17, 15) is 0 Å². The average Bonchev–Trinajstić information content (AvgIpc) is 2.93. The number of H-pyrrole nitrogens is 1. The zero-order valence-corrected chi connectivity index (χ0v) is 13.6. The SMILES string of the molecule is Cc1cccc2[nH]c([C@@H](C)Oc3ccccc3C(C)C)nc12. The Morgan fingerprint density at radius 2 is 1.77 bits per heavy atom. The third kappa shape index (κ3) is 2.71. The molecule has 114 valence electrons. The van der Waals surface area contributed by atoms with Crippen molar-refractivity contribution in [1.82, 2.24) is 9.97 Å². The Balaban J connectivity index is 1.90. The van der Waals surface area contributed by atoms with Crippen LogP contribution in [0.2, 0.25) is 0 Å². The Hall–Kier alpha value is -2.29. The molecule has 0 radical (unpaired) electrons. The van der Waals surface area contributed by atoms with Crippen LogP contribution in [-0.4, -0.2) is 9.97 Å². The molecule has 3 nitrogen and oxygen atoms in total. The summed E-state index contributed by atoms with van der Waals surface area (Å²) in [6, 6.07) is 14.4. The molecule has 1 heterocycles. The van der Waals surface area contributed by atoms with Crippen molar-refractivity contribution >= 4 is 11.0 Å². The molecule has 22 heavy (non-hydrogen) atoms. The number of benzene rings is 2. The van der Waals surface area contributed by atoms with E-state index in [0.29, 0.717) is 5.92 Å². The highest BCUT2D eigenvalue weighted by Gasteiger charge is 2.15. The van der Waals surface area contributed by atoms with Crippen LogP contribution in [0, 0.1) is 6.92 Å². The van der Waals surface area contributed by atoms with Gasteiger partial charge in [0, 0.05) is 0 Å². The Kier molecular flexibility index (Phi) is 3.88. The van der Waals surface area contributed by atoms with Crippen molar-refractivity contribution in [2.45, 2.75) is 39.7 Å². The maximum absolute atomic E-state index is 6.17. The largest absolute Gasteiger partial charge is 0.483 e. The first kappa shape index (κ1) is 14.6. The summed E-state index contributed by atoms with van der Waals surface area (Å²) in [5.41, 5.74) is 4.48. The molecule has 1 atom stereocenters. The maximum Gasteiger partial charge on any atom is 0.153 e. The van der Waals surface area contributed by atoms with E-state index in [2.05, 4.69) is 44.0 Å². The number of hydrogen-bond donors (Lipinski definition) is 1. The van der Waals surface area contributed by atoms with Crippen molar-refractivity contribution in [1.29, 1.82) is 0 Å². The first-order chi connectivity index (χ1) is 10.6. The molecule has 0 aliphatic heterocycles. The van der Waals surface area contributed by atoms with Gasteiger partial charge in [0.05, 0.1) is 11.0 Å². The lowest BCUT2D eigenvalue weighted by Gasteiger charge is -2.17. The summed E-state index contributed by atoms with van der Waals surface area (Å²) in [6.07, 6.45) is -0.119. The molecule has 2 aromatic carbocycles. The van der Waals surface area contributed by atoms with E-state index >= 15 is 0 Å². The normalized spacial score (nSPS) is 12.8. The van der Waals surface area contributed by atoms with Crippen LogP contribution >= 0.6 is 0 Å².